The van der Waals surface area contributed by atoms with Gasteiger partial charge in [-0.2, -0.15) is 0 Å². The SMILES string of the molecule is COc1ccccc1C(=O)N1CCC(C[C@H]2OCC[C@H]2C(N)=O)CC1. The molecule has 6 nitrogen and oxygen atoms in total. The first-order chi connectivity index (χ1) is 12.1. The highest BCUT2D eigenvalue weighted by atomic mass is 16.5. The van der Waals surface area contributed by atoms with Crippen LogP contribution in [0.25, 0.3) is 0 Å². The van der Waals surface area contributed by atoms with E-state index in [2.05, 4.69) is 0 Å². The summed E-state index contributed by atoms with van der Waals surface area (Å²) in [5, 5.41) is 0. The van der Waals surface area contributed by atoms with Crippen molar-refractivity contribution in [3.8, 4) is 5.75 Å². The highest BCUT2D eigenvalue weighted by Crippen LogP contribution is 2.31. The topological polar surface area (TPSA) is 81.9 Å². The Morgan fingerprint density at radius 1 is 1.24 bits per heavy atom. The number of hydrogen-bond donors (Lipinski definition) is 1. The van der Waals surface area contributed by atoms with Crippen molar-refractivity contribution in [2.24, 2.45) is 17.6 Å². The second kappa shape index (κ2) is 7.87. The Kier molecular flexibility index (Phi) is 5.58. The predicted molar refractivity (Wildman–Crippen MR) is 93.3 cm³/mol. The maximum Gasteiger partial charge on any atom is 0.257 e. The van der Waals surface area contributed by atoms with Crippen molar-refractivity contribution < 1.29 is 19.1 Å². The number of nitrogens with zero attached hydrogens (tertiary/aromatic N) is 1. The third-order valence-corrected chi connectivity index (χ3v) is 5.38. The molecule has 0 radical (unpaired) electrons. The number of methoxy groups -OCH3 is 1. The van der Waals surface area contributed by atoms with E-state index < -0.39 is 0 Å². The highest BCUT2D eigenvalue weighted by Gasteiger charge is 2.35. The molecule has 0 aliphatic carbocycles. The molecular formula is C19H26N2O4. The summed E-state index contributed by atoms with van der Waals surface area (Å²) in [6.45, 7) is 2.05. The van der Waals surface area contributed by atoms with Crippen LogP contribution in [0, 0.1) is 11.8 Å². The summed E-state index contributed by atoms with van der Waals surface area (Å²) < 4.78 is 11.0. The minimum Gasteiger partial charge on any atom is -0.496 e. The zero-order valence-electron chi connectivity index (χ0n) is 14.6. The molecule has 2 saturated heterocycles. The summed E-state index contributed by atoms with van der Waals surface area (Å²) in [5.74, 6) is 0.674. The van der Waals surface area contributed by atoms with E-state index in [1.54, 1.807) is 19.2 Å². The Balaban J connectivity index is 1.55. The lowest BCUT2D eigenvalue weighted by atomic mass is 9.86. The number of carbonyl (C=O) groups excluding carboxylic acids is 2. The fraction of sp³-hybridized carbons (Fsp3) is 0.579. The smallest absolute Gasteiger partial charge is 0.257 e. The Bertz CT molecular complexity index is 626. The van der Waals surface area contributed by atoms with Crippen LogP contribution < -0.4 is 10.5 Å². The monoisotopic (exact) mass is 346 g/mol. The van der Waals surface area contributed by atoms with Crippen molar-refractivity contribution in [3.05, 3.63) is 29.8 Å². The van der Waals surface area contributed by atoms with Crippen molar-refractivity contribution in [2.45, 2.75) is 31.8 Å². The number of benzene rings is 1. The number of rotatable bonds is 5. The Hall–Kier alpha value is -2.08. The minimum atomic E-state index is -0.258. The molecule has 2 amide bonds. The maximum absolute atomic E-state index is 12.7. The lowest BCUT2D eigenvalue weighted by molar-refractivity contribution is -0.123. The standard InChI is InChI=1S/C19H26N2O4/c1-24-16-5-3-2-4-15(16)19(23)21-9-6-13(7-10-21)12-17-14(18(20)22)8-11-25-17/h2-5,13-14,17H,6-12H2,1H3,(H2,20,22)/t14-,17-/m1/s1. The summed E-state index contributed by atoms with van der Waals surface area (Å²) in [5.41, 5.74) is 6.07. The van der Waals surface area contributed by atoms with Crippen LogP contribution >= 0.6 is 0 Å². The van der Waals surface area contributed by atoms with Gasteiger partial charge in [0.25, 0.3) is 5.91 Å². The van der Waals surface area contributed by atoms with E-state index in [0.717, 1.165) is 38.8 Å². The number of likely N-dealkylation sites (tertiary alicyclic amines) is 1. The van der Waals surface area contributed by atoms with Crippen LogP contribution in [0.4, 0.5) is 0 Å². The van der Waals surface area contributed by atoms with Crippen LogP contribution in [-0.4, -0.2) is 49.6 Å². The van der Waals surface area contributed by atoms with E-state index in [1.807, 2.05) is 17.0 Å². The van der Waals surface area contributed by atoms with Crippen LogP contribution in [0.3, 0.4) is 0 Å². The van der Waals surface area contributed by atoms with Gasteiger partial charge in [0.2, 0.25) is 5.91 Å². The Morgan fingerprint density at radius 2 is 1.96 bits per heavy atom. The summed E-state index contributed by atoms with van der Waals surface area (Å²) in [6, 6.07) is 7.32. The number of amides is 2. The molecule has 2 aliphatic heterocycles. The molecule has 25 heavy (non-hydrogen) atoms. The van der Waals surface area contributed by atoms with Gasteiger partial charge in [0.05, 0.1) is 24.7 Å². The first-order valence-electron chi connectivity index (χ1n) is 8.93. The number of nitrogens with two attached hydrogens (primary N) is 1. The first kappa shape index (κ1) is 17.7. The number of para-hydroxylation sites is 1. The Labute approximate surface area is 148 Å². The molecule has 2 N–H and O–H groups in total. The van der Waals surface area contributed by atoms with Gasteiger partial charge in [-0.1, -0.05) is 12.1 Å². The van der Waals surface area contributed by atoms with Crippen molar-refractivity contribution >= 4 is 11.8 Å². The normalized spacial score (nSPS) is 24.3. The van der Waals surface area contributed by atoms with Gasteiger partial charge in [0.15, 0.2) is 0 Å². The zero-order chi connectivity index (χ0) is 17.8. The van der Waals surface area contributed by atoms with E-state index in [4.69, 9.17) is 15.2 Å². The second-order valence-electron chi connectivity index (χ2n) is 6.88. The molecular weight excluding hydrogens is 320 g/mol. The lowest BCUT2D eigenvalue weighted by Gasteiger charge is -2.33. The van der Waals surface area contributed by atoms with E-state index in [9.17, 15) is 9.59 Å². The second-order valence-corrected chi connectivity index (χ2v) is 6.88. The van der Waals surface area contributed by atoms with Crippen LogP contribution in [-0.2, 0) is 9.53 Å². The van der Waals surface area contributed by atoms with Gasteiger partial charge in [-0.3, -0.25) is 9.59 Å². The van der Waals surface area contributed by atoms with Crippen LogP contribution in [0.5, 0.6) is 5.75 Å². The van der Waals surface area contributed by atoms with E-state index in [0.29, 0.717) is 23.8 Å². The van der Waals surface area contributed by atoms with Crippen LogP contribution in [0.1, 0.15) is 36.0 Å². The molecule has 3 rings (SSSR count). The van der Waals surface area contributed by atoms with Gasteiger partial charge in [0.1, 0.15) is 5.75 Å². The predicted octanol–water partition coefficient (Wildman–Crippen LogP) is 1.83. The van der Waals surface area contributed by atoms with Crippen molar-refractivity contribution in [2.75, 3.05) is 26.8 Å². The van der Waals surface area contributed by atoms with Crippen LogP contribution in [0.15, 0.2) is 24.3 Å². The van der Waals surface area contributed by atoms with Crippen molar-refractivity contribution in [1.82, 2.24) is 4.90 Å². The molecule has 2 heterocycles. The molecule has 6 heteroatoms. The van der Waals surface area contributed by atoms with Crippen molar-refractivity contribution in [1.29, 1.82) is 0 Å². The summed E-state index contributed by atoms with van der Waals surface area (Å²) in [7, 11) is 1.58. The molecule has 0 unspecified atom stereocenters. The molecule has 1 aromatic carbocycles. The van der Waals surface area contributed by atoms with Gasteiger partial charge in [0, 0.05) is 19.7 Å². The molecule has 0 aromatic heterocycles. The molecule has 0 spiro atoms. The largest absolute Gasteiger partial charge is 0.496 e. The van der Waals surface area contributed by atoms with Gasteiger partial charge in [-0.15, -0.1) is 0 Å². The van der Waals surface area contributed by atoms with Gasteiger partial charge in [-0.25, -0.2) is 0 Å². The molecule has 0 saturated carbocycles. The molecule has 2 atom stereocenters. The number of carbonyl (C=O) groups is 2. The zero-order valence-corrected chi connectivity index (χ0v) is 14.6. The van der Waals surface area contributed by atoms with E-state index in [-0.39, 0.29) is 23.8 Å². The van der Waals surface area contributed by atoms with Crippen LogP contribution in [0.2, 0.25) is 0 Å². The summed E-state index contributed by atoms with van der Waals surface area (Å²) in [4.78, 5) is 26.1. The number of ether oxygens (including phenoxy) is 2. The van der Waals surface area contributed by atoms with E-state index >= 15 is 0 Å². The van der Waals surface area contributed by atoms with E-state index in [1.165, 1.54) is 0 Å². The molecule has 136 valence electrons. The molecule has 2 fully saturated rings. The first-order valence-corrected chi connectivity index (χ1v) is 8.93. The number of piperidine rings is 1. The third kappa shape index (κ3) is 3.95. The number of primary amides is 1. The fourth-order valence-electron chi connectivity index (χ4n) is 3.90. The van der Waals surface area contributed by atoms with Crippen molar-refractivity contribution in [3.63, 3.8) is 0 Å². The lowest BCUT2D eigenvalue weighted by Crippen LogP contribution is -2.40. The Morgan fingerprint density at radius 3 is 2.64 bits per heavy atom. The molecule has 1 aromatic rings. The maximum atomic E-state index is 12.7. The fourth-order valence-corrected chi connectivity index (χ4v) is 3.90. The average Bonchev–Trinajstić information content (AvgIpc) is 3.10. The van der Waals surface area contributed by atoms with Gasteiger partial charge in [-0.05, 0) is 43.7 Å². The van der Waals surface area contributed by atoms with Gasteiger partial charge >= 0.3 is 0 Å². The number of hydrogen-bond acceptors (Lipinski definition) is 4. The molecule has 2 aliphatic rings. The van der Waals surface area contributed by atoms with Gasteiger partial charge < -0.3 is 20.1 Å². The summed E-state index contributed by atoms with van der Waals surface area (Å²) >= 11 is 0. The average molecular weight is 346 g/mol. The highest BCUT2D eigenvalue weighted by molar-refractivity contribution is 5.97. The summed E-state index contributed by atoms with van der Waals surface area (Å²) in [6.07, 6.45) is 3.37. The quantitative estimate of drug-likeness (QED) is 0.882. The molecule has 0 bridgehead atoms. The minimum absolute atomic E-state index is 0.0167. The third-order valence-electron chi connectivity index (χ3n) is 5.38.